The summed E-state index contributed by atoms with van der Waals surface area (Å²) in [6.45, 7) is 3.00. The quantitative estimate of drug-likeness (QED) is 0.610. The van der Waals surface area contributed by atoms with E-state index in [-0.39, 0.29) is 12.8 Å². The number of carbonyl (C=O) groups is 2. The second-order valence-electron chi connectivity index (χ2n) is 4.70. The van der Waals surface area contributed by atoms with E-state index < -0.39 is 18.0 Å². The molecule has 6 nitrogen and oxygen atoms in total. The fraction of sp³-hybridized carbons (Fsp3) is 0.467. The van der Waals surface area contributed by atoms with Crippen LogP contribution in [0.15, 0.2) is 24.3 Å². The molecule has 0 aliphatic heterocycles. The minimum Gasteiger partial charge on any atom is -0.494 e. The van der Waals surface area contributed by atoms with Crippen LogP contribution in [0.4, 0.5) is 0 Å². The van der Waals surface area contributed by atoms with Gasteiger partial charge in [0.2, 0.25) is 0 Å². The van der Waals surface area contributed by atoms with Crippen molar-refractivity contribution in [2.75, 3.05) is 6.61 Å². The van der Waals surface area contributed by atoms with E-state index in [0.29, 0.717) is 13.2 Å². The first-order chi connectivity index (χ1) is 10.0. The summed E-state index contributed by atoms with van der Waals surface area (Å²) < 4.78 is 5.51. The van der Waals surface area contributed by atoms with Crippen LogP contribution in [-0.4, -0.2) is 34.8 Å². The van der Waals surface area contributed by atoms with Crippen LogP contribution in [0.25, 0.3) is 0 Å². The number of hydrogen-bond donors (Lipinski definition) is 3. The molecule has 21 heavy (non-hydrogen) atoms. The Kier molecular flexibility index (Phi) is 7.25. The number of ether oxygens (including phenoxy) is 1. The van der Waals surface area contributed by atoms with E-state index in [2.05, 4.69) is 5.32 Å². The largest absolute Gasteiger partial charge is 0.494 e. The second kappa shape index (κ2) is 8.97. The van der Waals surface area contributed by atoms with Gasteiger partial charge < -0.3 is 20.3 Å². The summed E-state index contributed by atoms with van der Waals surface area (Å²) >= 11 is 0. The van der Waals surface area contributed by atoms with Crippen molar-refractivity contribution >= 4 is 11.9 Å². The van der Waals surface area contributed by atoms with Gasteiger partial charge in [-0.3, -0.25) is 9.59 Å². The maximum atomic E-state index is 11.1. The van der Waals surface area contributed by atoms with Crippen LogP contribution in [0.2, 0.25) is 0 Å². The molecular formula is C15H21NO5. The molecule has 1 unspecified atom stereocenters. The molecule has 116 valence electrons. The van der Waals surface area contributed by atoms with E-state index in [1.165, 1.54) is 0 Å². The van der Waals surface area contributed by atoms with E-state index in [0.717, 1.165) is 17.7 Å². The fourth-order valence-electron chi connectivity index (χ4n) is 1.79. The fourth-order valence-corrected chi connectivity index (χ4v) is 1.79. The molecule has 0 radical (unpaired) electrons. The van der Waals surface area contributed by atoms with Gasteiger partial charge in [0, 0.05) is 13.0 Å². The van der Waals surface area contributed by atoms with Gasteiger partial charge in [-0.05, 0) is 30.5 Å². The Morgan fingerprint density at radius 3 is 2.71 bits per heavy atom. The third-order valence-corrected chi connectivity index (χ3v) is 2.87. The van der Waals surface area contributed by atoms with Crippen molar-refractivity contribution in [2.45, 2.75) is 38.8 Å². The number of nitrogens with one attached hydrogen (secondary N) is 1. The van der Waals surface area contributed by atoms with Gasteiger partial charge in [-0.25, -0.2) is 0 Å². The molecule has 1 aromatic carbocycles. The molecule has 1 rings (SSSR count). The van der Waals surface area contributed by atoms with Crippen molar-refractivity contribution in [1.82, 2.24) is 5.32 Å². The smallest absolute Gasteiger partial charge is 0.320 e. The van der Waals surface area contributed by atoms with E-state index >= 15 is 0 Å². The van der Waals surface area contributed by atoms with Crippen molar-refractivity contribution in [2.24, 2.45) is 0 Å². The summed E-state index contributed by atoms with van der Waals surface area (Å²) in [6, 6.07) is 6.52. The molecular weight excluding hydrogens is 274 g/mol. The maximum absolute atomic E-state index is 11.1. The Morgan fingerprint density at radius 1 is 1.33 bits per heavy atom. The van der Waals surface area contributed by atoms with Gasteiger partial charge in [-0.1, -0.05) is 19.1 Å². The van der Waals surface area contributed by atoms with Crippen LogP contribution in [-0.2, 0) is 16.1 Å². The molecule has 0 aliphatic carbocycles. The summed E-state index contributed by atoms with van der Waals surface area (Å²) in [5, 5.41) is 20.5. The predicted molar refractivity (Wildman–Crippen MR) is 77.4 cm³/mol. The van der Waals surface area contributed by atoms with Crippen LogP contribution in [0, 0.1) is 0 Å². The summed E-state index contributed by atoms with van der Waals surface area (Å²) in [5.74, 6) is -1.30. The van der Waals surface area contributed by atoms with Gasteiger partial charge in [0.05, 0.1) is 6.61 Å². The van der Waals surface area contributed by atoms with Crippen LogP contribution < -0.4 is 10.1 Å². The van der Waals surface area contributed by atoms with Crippen molar-refractivity contribution in [3.63, 3.8) is 0 Å². The standard InChI is InChI=1S/C15H21NO5/c1-2-8-21-12-5-3-4-11(9-12)10-16-13(15(19)20)6-7-14(17)18/h3-5,9,13,16H,2,6-8,10H2,1H3,(H,17,18)(H,19,20). The SMILES string of the molecule is CCCOc1cccc(CNC(CCC(=O)O)C(=O)O)c1. The minimum absolute atomic E-state index is 0.0523. The van der Waals surface area contributed by atoms with Crippen molar-refractivity contribution in [1.29, 1.82) is 0 Å². The number of rotatable bonds is 10. The monoisotopic (exact) mass is 295 g/mol. The number of carboxylic acid groups (broad SMARTS) is 2. The van der Waals surface area contributed by atoms with E-state index in [1.54, 1.807) is 0 Å². The molecule has 0 saturated heterocycles. The van der Waals surface area contributed by atoms with Gasteiger partial charge in [0.15, 0.2) is 0 Å². The van der Waals surface area contributed by atoms with E-state index in [4.69, 9.17) is 14.9 Å². The first kappa shape index (κ1) is 17.0. The molecule has 3 N–H and O–H groups in total. The Morgan fingerprint density at radius 2 is 2.10 bits per heavy atom. The topological polar surface area (TPSA) is 95.9 Å². The van der Waals surface area contributed by atoms with Crippen LogP contribution in [0.1, 0.15) is 31.7 Å². The van der Waals surface area contributed by atoms with Crippen molar-refractivity contribution in [3.8, 4) is 5.75 Å². The highest BCUT2D eigenvalue weighted by atomic mass is 16.5. The summed E-state index contributed by atoms with van der Waals surface area (Å²) in [5.41, 5.74) is 0.894. The summed E-state index contributed by atoms with van der Waals surface area (Å²) in [4.78, 5) is 21.6. The predicted octanol–water partition coefficient (Wildman–Crippen LogP) is 1.88. The zero-order chi connectivity index (χ0) is 15.7. The lowest BCUT2D eigenvalue weighted by Gasteiger charge is -2.14. The van der Waals surface area contributed by atoms with Gasteiger partial charge in [0.1, 0.15) is 11.8 Å². The van der Waals surface area contributed by atoms with Crippen LogP contribution >= 0.6 is 0 Å². The zero-order valence-corrected chi connectivity index (χ0v) is 12.0. The minimum atomic E-state index is -1.05. The number of hydrogen-bond acceptors (Lipinski definition) is 4. The molecule has 0 bridgehead atoms. The number of benzene rings is 1. The Labute approximate surface area is 123 Å². The van der Waals surface area contributed by atoms with Crippen LogP contribution in [0.3, 0.4) is 0 Å². The Balaban J connectivity index is 2.54. The highest BCUT2D eigenvalue weighted by Crippen LogP contribution is 2.14. The van der Waals surface area contributed by atoms with Gasteiger partial charge in [0.25, 0.3) is 0 Å². The molecule has 0 aliphatic rings. The lowest BCUT2D eigenvalue weighted by Crippen LogP contribution is -2.36. The molecule has 0 spiro atoms. The van der Waals surface area contributed by atoms with Crippen molar-refractivity contribution in [3.05, 3.63) is 29.8 Å². The van der Waals surface area contributed by atoms with E-state index in [1.807, 2.05) is 31.2 Å². The highest BCUT2D eigenvalue weighted by molar-refractivity contribution is 5.75. The van der Waals surface area contributed by atoms with Gasteiger partial charge >= 0.3 is 11.9 Å². The Hall–Kier alpha value is -2.08. The maximum Gasteiger partial charge on any atom is 0.320 e. The summed E-state index contributed by atoms with van der Waals surface area (Å²) in [7, 11) is 0. The average Bonchev–Trinajstić information content (AvgIpc) is 2.44. The first-order valence-electron chi connectivity index (χ1n) is 6.92. The second-order valence-corrected chi connectivity index (χ2v) is 4.70. The zero-order valence-electron chi connectivity index (χ0n) is 12.0. The normalized spacial score (nSPS) is 11.9. The Bertz CT molecular complexity index is 475. The van der Waals surface area contributed by atoms with Gasteiger partial charge in [-0.2, -0.15) is 0 Å². The highest BCUT2D eigenvalue weighted by Gasteiger charge is 2.17. The number of carboxylic acids is 2. The molecule has 0 saturated carbocycles. The average molecular weight is 295 g/mol. The van der Waals surface area contributed by atoms with E-state index in [9.17, 15) is 9.59 Å². The first-order valence-corrected chi connectivity index (χ1v) is 6.92. The third-order valence-electron chi connectivity index (χ3n) is 2.87. The molecule has 1 atom stereocenters. The molecule has 0 aromatic heterocycles. The number of aliphatic carboxylic acids is 2. The van der Waals surface area contributed by atoms with Crippen molar-refractivity contribution < 1.29 is 24.5 Å². The van der Waals surface area contributed by atoms with Gasteiger partial charge in [-0.15, -0.1) is 0 Å². The molecule has 0 amide bonds. The molecule has 6 heteroatoms. The molecule has 0 heterocycles. The lowest BCUT2D eigenvalue weighted by atomic mass is 10.1. The van der Waals surface area contributed by atoms with Crippen LogP contribution in [0.5, 0.6) is 5.75 Å². The lowest BCUT2D eigenvalue weighted by molar-refractivity contribution is -0.140. The molecule has 1 aromatic rings. The summed E-state index contributed by atoms with van der Waals surface area (Å²) in [6.07, 6.45) is 0.791. The third kappa shape index (κ3) is 6.76. The molecule has 0 fully saturated rings.